The van der Waals surface area contributed by atoms with Gasteiger partial charge in [0.2, 0.25) is 11.8 Å². The molecule has 0 aliphatic rings. The van der Waals surface area contributed by atoms with Crippen LogP contribution in [-0.4, -0.2) is 53.9 Å². The SMILES string of the molecule is CCCN(CC(=O)N(C)C)C(=O)Cc1ccccc1O. The second-order valence-corrected chi connectivity index (χ2v) is 4.91. The first-order valence-electron chi connectivity index (χ1n) is 6.70. The number of aromatic hydroxyl groups is 1. The lowest BCUT2D eigenvalue weighted by atomic mass is 10.1. The molecule has 0 aliphatic heterocycles. The van der Waals surface area contributed by atoms with Gasteiger partial charge in [-0.05, 0) is 12.5 Å². The van der Waals surface area contributed by atoms with Gasteiger partial charge in [-0.2, -0.15) is 0 Å². The highest BCUT2D eigenvalue weighted by Crippen LogP contribution is 2.17. The normalized spacial score (nSPS) is 10.2. The van der Waals surface area contributed by atoms with Gasteiger partial charge in [0.15, 0.2) is 0 Å². The predicted molar refractivity (Wildman–Crippen MR) is 77.4 cm³/mol. The molecular formula is C15H22N2O3. The molecule has 0 unspecified atom stereocenters. The lowest BCUT2D eigenvalue weighted by molar-refractivity contribution is -0.138. The summed E-state index contributed by atoms with van der Waals surface area (Å²) in [4.78, 5) is 27.0. The molecule has 2 amide bonds. The van der Waals surface area contributed by atoms with Gasteiger partial charge in [-0.15, -0.1) is 0 Å². The Balaban J connectivity index is 2.74. The standard InChI is InChI=1S/C15H22N2O3/c1-4-9-17(11-15(20)16(2)3)14(19)10-12-7-5-6-8-13(12)18/h5-8,18H,4,9-11H2,1-3H3. The van der Waals surface area contributed by atoms with E-state index in [9.17, 15) is 14.7 Å². The lowest BCUT2D eigenvalue weighted by Crippen LogP contribution is -2.41. The molecule has 0 saturated carbocycles. The van der Waals surface area contributed by atoms with Crippen molar-refractivity contribution in [2.45, 2.75) is 19.8 Å². The van der Waals surface area contributed by atoms with Crippen LogP contribution in [-0.2, 0) is 16.0 Å². The van der Waals surface area contributed by atoms with Crippen molar-refractivity contribution >= 4 is 11.8 Å². The Kier molecular flexibility index (Phi) is 6.03. The van der Waals surface area contributed by atoms with E-state index >= 15 is 0 Å². The molecule has 1 rings (SSSR count). The van der Waals surface area contributed by atoms with Crippen LogP contribution in [0, 0.1) is 0 Å². The van der Waals surface area contributed by atoms with E-state index in [-0.39, 0.29) is 30.5 Å². The highest BCUT2D eigenvalue weighted by atomic mass is 16.3. The monoisotopic (exact) mass is 278 g/mol. The molecule has 0 aliphatic carbocycles. The molecule has 0 spiro atoms. The molecule has 0 saturated heterocycles. The molecule has 0 atom stereocenters. The number of nitrogens with zero attached hydrogens (tertiary/aromatic N) is 2. The van der Waals surface area contributed by atoms with Crippen LogP contribution in [0.2, 0.25) is 0 Å². The van der Waals surface area contributed by atoms with Crippen LogP contribution < -0.4 is 0 Å². The second kappa shape index (κ2) is 7.53. The molecular weight excluding hydrogens is 256 g/mol. The number of para-hydroxylation sites is 1. The summed E-state index contributed by atoms with van der Waals surface area (Å²) in [5.41, 5.74) is 0.580. The van der Waals surface area contributed by atoms with Crippen LogP contribution in [0.25, 0.3) is 0 Å². The third kappa shape index (κ3) is 4.57. The fourth-order valence-corrected chi connectivity index (χ4v) is 1.80. The average molecular weight is 278 g/mol. The third-order valence-corrected chi connectivity index (χ3v) is 3.00. The molecule has 5 nitrogen and oxygen atoms in total. The highest BCUT2D eigenvalue weighted by molar-refractivity contribution is 5.86. The average Bonchev–Trinajstić information content (AvgIpc) is 2.40. The van der Waals surface area contributed by atoms with Crippen molar-refractivity contribution in [3.05, 3.63) is 29.8 Å². The molecule has 1 aromatic carbocycles. The van der Waals surface area contributed by atoms with Gasteiger partial charge in [-0.3, -0.25) is 9.59 Å². The summed E-state index contributed by atoms with van der Waals surface area (Å²) < 4.78 is 0. The van der Waals surface area contributed by atoms with Gasteiger partial charge in [0.05, 0.1) is 13.0 Å². The Morgan fingerprint density at radius 3 is 2.35 bits per heavy atom. The van der Waals surface area contributed by atoms with Gasteiger partial charge in [0.1, 0.15) is 5.75 Å². The minimum absolute atomic E-state index is 0.0767. The number of hydrogen-bond acceptors (Lipinski definition) is 3. The molecule has 0 radical (unpaired) electrons. The molecule has 0 fully saturated rings. The van der Waals surface area contributed by atoms with Crippen LogP contribution in [0.3, 0.4) is 0 Å². The second-order valence-electron chi connectivity index (χ2n) is 4.91. The van der Waals surface area contributed by atoms with E-state index in [0.29, 0.717) is 12.1 Å². The van der Waals surface area contributed by atoms with Gasteiger partial charge in [0, 0.05) is 26.2 Å². The Labute approximate surface area is 119 Å². The summed E-state index contributed by atoms with van der Waals surface area (Å²) in [6.07, 6.45) is 0.889. The molecule has 20 heavy (non-hydrogen) atoms. The van der Waals surface area contributed by atoms with Gasteiger partial charge >= 0.3 is 0 Å². The number of likely N-dealkylation sites (N-methyl/N-ethyl adjacent to an activating group) is 1. The number of phenols is 1. The number of rotatable bonds is 6. The number of carbonyl (C=O) groups excluding carboxylic acids is 2. The largest absolute Gasteiger partial charge is 0.508 e. The molecule has 0 aromatic heterocycles. The number of phenolic OH excluding ortho intramolecular Hbond substituents is 1. The minimum Gasteiger partial charge on any atom is -0.508 e. The third-order valence-electron chi connectivity index (χ3n) is 3.00. The first-order chi connectivity index (χ1) is 9.45. The van der Waals surface area contributed by atoms with E-state index in [1.54, 1.807) is 38.4 Å². The topological polar surface area (TPSA) is 60.9 Å². The summed E-state index contributed by atoms with van der Waals surface area (Å²) in [5, 5.41) is 9.70. The zero-order valence-corrected chi connectivity index (χ0v) is 12.3. The summed E-state index contributed by atoms with van der Waals surface area (Å²) in [6, 6.07) is 6.75. The maximum absolute atomic E-state index is 12.3. The zero-order valence-electron chi connectivity index (χ0n) is 12.3. The van der Waals surface area contributed by atoms with E-state index in [1.165, 1.54) is 9.80 Å². The number of carbonyl (C=O) groups is 2. The first kappa shape index (κ1) is 16.0. The summed E-state index contributed by atoms with van der Waals surface area (Å²) in [6.45, 7) is 2.57. The van der Waals surface area contributed by atoms with Crippen LogP contribution >= 0.6 is 0 Å². The van der Waals surface area contributed by atoms with E-state index < -0.39 is 0 Å². The van der Waals surface area contributed by atoms with Crippen molar-refractivity contribution in [2.24, 2.45) is 0 Å². The van der Waals surface area contributed by atoms with Crippen LogP contribution in [0.4, 0.5) is 0 Å². The Bertz CT molecular complexity index is 472. The van der Waals surface area contributed by atoms with Crippen LogP contribution in [0.5, 0.6) is 5.75 Å². The highest BCUT2D eigenvalue weighted by Gasteiger charge is 2.18. The Morgan fingerprint density at radius 2 is 1.80 bits per heavy atom. The van der Waals surface area contributed by atoms with Crippen molar-refractivity contribution in [3.63, 3.8) is 0 Å². The number of hydrogen-bond donors (Lipinski definition) is 1. The predicted octanol–water partition coefficient (Wildman–Crippen LogP) is 1.26. The summed E-state index contributed by atoms with van der Waals surface area (Å²) >= 11 is 0. The molecule has 1 aromatic rings. The van der Waals surface area contributed by atoms with E-state index in [1.807, 2.05) is 6.92 Å². The van der Waals surface area contributed by atoms with Crippen LogP contribution in [0.15, 0.2) is 24.3 Å². The number of benzene rings is 1. The van der Waals surface area contributed by atoms with E-state index in [0.717, 1.165) is 6.42 Å². The fraction of sp³-hybridized carbons (Fsp3) is 0.467. The fourth-order valence-electron chi connectivity index (χ4n) is 1.80. The summed E-state index contributed by atoms with van der Waals surface area (Å²) in [5.74, 6) is -0.149. The maximum Gasteiger partial charge on any atom is 0.241 e. The van der Waals surface area contributed by atoms with Crippen molar-refractivity contribution in [2.75, 3.05) is 27.2 Å². The molecule has 1 N–H and O–H groups in total. The van der Waals surface area contributed by atoms with Gasteiger partial charge in [0.25, 0.3) is 0 Å². The van der Waals surface area contributed by atoms with E-state index in [2.05, 4.69) is 0 Å². The van der Waals surface area contributed by atoms with Gasteiger partial charge in [-0.1, -0.05) is 25.1 Å². The van der Waals surface area contributed by atoms with Crippen LogP contribution in [0.1, 0.15) is 18.9 Å². The first-order valence-corrected chi connectivity index (χ1v) is 6.70. The quantitative estimate of drug-likeness (QED) is 0.852. The van der Waals surface area contributed by atoms with Crippen molar-refractivity contribution in [1.82, 2.24) is 9.80 Å². The molecule has 110 valence electrons. The Morgan fingerprint density at radius 1 is 1.15 bits per heavy atom. The Hall–Kier alpha value is -2.04. The molecule has 0 bridgehead atoms. The lowest BCUT2D eigenvalue weighted by Gasteiger charge is -2.23. The maximum atomic E-state index is 12.3. The minimum atomic E-state index is -0.149. The van der Waals surface area contributed by atoms with Gasteiger partial charge in [-0.25, -0.2) is 0 Å². The summed E-state index contributed by atoms with van der Waals surface area (Å²) in [7, 11) is 3.33. The number of amides is 2. The van der Waals surface area contributed by atoms with Crippen molar-refractivity contribution in [1.29, 1.82) is 0 Å². The van der Waals surface area contributed by atoms with Crippen molar-refractivity contribution < 1.29 is 14.7 Å². The van der Waals surface area contributed by atoms with Gasteiger partial charge < -0.3 is 14.9 Å². The zero-order chi connectivity index (χ0) is 15.1. The van der Waals surface area contributed by atoms with E-state index in [4.69, 9.17) is 0 Å². The smallest absolute Gasteiger partial charge is 0.241 e. The molecule has 0 heterocycles. The molecule has 5 heteroatoms. The van der Waals surface area contributed by atoms with Crippen molar-refractivity contribution in [3.8, 4) is 5.75 Å².